The summed E-state index contributed by atoms with van der Waals surface area (Å²) in [5, 5.41) is 0. The van der Waals surface area contributed by atoms with Crippen LogP contribution in [0.1, 0.15) is 33.1 Å². The molecule has 18 heavy (non-hydrogen) atoms. The Bertz CT molecular complexity index is 331. The van der Waals surface area contributed by atoms with Crippen molar-refractivity contribution in [3.63, 3.8) is 0 Å². The highest BCUT2D eigenvalue weighted by molar-refractivity contribution is 9.09. The summed E-state index contributed by atoms with van der Waals surface area (Å²) in [6, 6.07) is 0. The molecule has 0 bridgehead atoms. The van der Waals surface area contributed by atoms with Gasteiger partial charge in [-0.15, -0.1) is 0 Å². The van der Waals surface area contributed by atoms with E-state index < -0.39 is 34.8 Å². The van der Waals surface area contributed by atoms with Gasteiger partial charge in [-0.1, -0.05) is 29.8 Å². The van der Waals surface area contributed by atoms with Crippen molar-refractivity contribution in [1.82, 2.24) is 4.72 Å². The van der Waals surface area contributed by atoms with Crippen LogP contribution < -0.4 is 4.72 Å². The van der Waals surface area contributed by atoms with Gasteiger partial charge < -0.3 is 0 Å². The molecule has 0 aliphatic heterocycles. The second-order valence-electron chi connectivity index (χ2n) is 4.61. The molecule has 0 saturated heterocycles. The summed E-state index contributed by atoms with van der Waals surface area (Å²) in [4.78, 5) is -0.00473. The third kappa shape index (κ3) is 11.3. The van der Waals surface area contributed by atoms with Crippen LogP contribution in [0.15, 0.2) is 0 Å². The van der Waals surface area contributed by atoms with Gasteiger partial charge in [0, 0.05) is 17.8 Å². The summed E-state index contributed by atoms with van der Waals surface area (Å²) in [5.74, 6) is -0.0717. The molecule has 3 nitrogen and oxygen atoms in total. The van der Waals surface area contributed by atoms with Gasteiger partial charge in [-0.25, -0.2) is 13.1 Å². The topological polar surface area (TPSA) is 46.2 Å². The van der Waals surface area contributed by atoms with Gasteiger partial charge in [-0.3, -0.25) is 0 Å². The summed E-state index contributed by atoms with van der Waals surface area (Å²) >= 11 is 3.32. The molecule has 0 aromatic carbocycles. The molecule has 1 atom stereocenters. The fourth-order valence-electron chi connectivity index (χ4n) is 1.35. The number of hydrogen-bond acceptors (Lipinski definition) is 2. The second kappa shape index (κ2) is 7.69. The molecule has 1 N–H and O–H groups in total. The Kier molecular flexibility index (Phi) is 7.77. The van der Waals surface area contributed by atoms with E-state index in [2.05, 4.69) is 20.7 Å². The summed E-state index contributed by atoms with van der Waals surface area (Å²) in [7, 11) is -3.61. The fraction of sp³-hybridized carbons (Fsp3) is 1.00. The van der Waals surface area contributed by atoms with Crippen LogP contribution in [0.5, 0.6) is 0 Å². The van der Waals surface area contributed by atoms with Crippen LogP contribution in [0.4, 0.5) is 13.2 Å². The Morgan fingerprint density at radius 2 is 1.83 bits per heavy atom. The SMILES string of the molecule is CC(C)CC(Br)CNS(=O)(=O)CCCC(F)(F)F. The molecule has 0 aliphatic carbocycles. The lowest BCUT2D eigenvalue weighted by Gasteiger charge is -2.13. The molecule has 0 radical (unpaired) electrons. The predicted molar refractivity (Wildman–Crippen MR) is 69.2 cm³/mol. The minimum Gasteiger partial charge on any atom is -0.214 e. The van der Waals surface area contributed by atoms with Crippen LogP contribution in [-0.4, -0.2) is 31.7 Å². The van der Waals surface area contributed by atoms with Crippen molar-refractivity contribution in [3.8, 4) is 0 Å². The van der Waals surface area contributed by atoms with Gasteiger partial charge >= 0.3 is 6.18 Å². The van der Waals surface area contributed by atoms with Gasteiger partial charge in [0.05, 0.1) is 5.75 Å². The van der Waals surface area contributed by atoms with Crippen molar-refractivity contribution in [2.45, 2.75) is 44.1 Å². The van der Waals surface area contributed by atoms with Crippen molar-refractivity contribution in [2.24, 2.45) is 5.92 Å². The highest BCUT2D eigenvalue weighted by Crippen LogP contribution is 2.21. The molecule has 0 heterocycles. The summed E-state index contributed by atoms with van der Waals surface area (Å²) in [6.45, 7) is 4.21. The first-order valence-electron chi connectivity index (χ1n) is 5.70. The quantitative estimate of drug-likeness (QED) is 0.681. The predicted octanol–water partition coefficient (Wildman–Crippen LogP) is 3.06. The third-order valence-corrected chi connectivity index (χ3v) is 4.26. The molecule has 0 amide bonds. The van der Waals surface area contributed by atoms with Gasteiger partial charge in [-0.05, 0) is 18.8 Å². The Morgan fingerprint density at radius 1 is 1.28 bits per heavy atom. The maximum absolute atomic E-state index is 11.9. The van der Waals surface area contributed by atoms with Crippen LogP contribution in [0.2, 0.25) is 0 Å². The Morgan fingerprint density at radius 3 is 2.28 bits per heavy atom. The molecule has 1 unspecified atom stereocenters. The first-order chi connectivity index (χ1) is 8.02. The van der Waals surface area contributed by atoms with Gasteiger partial charge in [0.15, 0.2) is 0 Å². The summed E-state index contributed by atoms with van der Waals surface area (Å²) in [6.07, 6.45) is -4.98. The minimum absolute atomic E-state index is 0.00473. The molecule has 0 aromatic heterocycles. The first kappa shape index (κ1) is 18.2. The molecular formula is C10H19BrF3NO2S. The molecular weight excluding hydrogens is 335 g/mol. The van der Waals surface area contributed by atoms with Crippen molar-refractivity contribution in [3.05, 3.63) is 0 Å². The van der Waals surface area contributed by atoms with Gasteiger partial charge in [0.1, 0.15) is 0 Å². The van der Waals surface area contributed by atoms with Crippen LogP contribution >= 0.6 is 15.9 Å². The van der Waals surface area contributed by atoms with Crippen molar-refractivity contribution in [2.75, 3.05) is 12.3 Å². The van der Waals surface area contributed by atoms with Crippen molar-refractivity contribution >= 4 is 26.0 Å². The normalized spacial score (nSPS) is 15.1. The van der Waals surface area contributed by atoms with Crippen LogP contribution in [-0.2, 0) is 10.0 Å². The lowest BCUT2D eigenvalue weighted by Crippen LogP contribution is -2.32. The average Bonchev–Trinajstić information content (AvgIpc) is 2.11. The average molecular weight is 354 g/mol. The molecule has 0 aliphatic rings. The van der Waals surface area contributed by atoms with E-state index in [1.165, 1.54) is 0 Å². The molecule has 0 saturated carbocycles. The van der Waals surface area contributed by atoms with E-state index in [0.717, 1.165) is 6.42 Å². The lowest BCUT2D eigenvalue weighted by atomic mass is 10.1. The third-order valence-electron chi connectivity index (χ3n) is 2.13. The highest BCUT2D eigenvalue weighted by atomic mass is 79.9. The van der Waals surface area contributed by atoms with Gasteiger partial charge in [0.25, 0.3) is 0 Å². The largest absolute Gasteiger partial charge is 0.389 e. The molecule has 8 heteroatoms. The smallest absolute Gasteiger partial charge is 0.214 e. The zero-order valence-corrected chi connectivity index (χ0v) is 12.8. The zero-order valence-electron chi connectivity index (χ0n) is 10.4. The minimum atomic E-state index is -4.30. The number of halogens is 4. The molecule has 0 fully saturated rings. The number of nitrogens with one attached hydrogen (secondary N) is 1. The van der Waals surface area contributed by atoms with Crippen molar-refractivity contribution in [1.29, 1.82) is 0 Å². The van der Waals surface area contributed by atoms with Crippen LogP contribution in [0.25, 0.3) is 0 Å². The number of sulfonamides is 1. The van der Waals surface area contributed by atoms with Gasteiger partial charge in [-0.2, -0.15) is 13.2 Å². The molecule has 0 rings (SSSR count). The Balaban J connectivity index is 3.94. The van der Waals surface area contributed by atoms with E-state index in [9.17, 15) is 21.6 Å². The number of hydrogen-bond donors (Lipinski definition) is 1. The highest BCUT2D eigenvalue weighted by Gasteiger charge is 2.27. The Labute approximate surface area is 115 Å². The number of alkyl halides is 4. The summed E-state index contributed by atoms with van der Waals surface area (Å²) < 4.78 is 60.7. The lowest BCUT2D eigenvalue weighted by molar-refractivity contribution is -0.134. The van der Waals surface area contributed by atoms with E-state index in [4.69, 9.17) is 0 Å². The van der Waals surface area contributed by atoms with Crippen LogP contribution in [0.3, 0.4) is 0 Å². The second-order valence-corrected chi connectivity index (χ2v) is 7.83. The zero-order chi connectivity index (χ0) is 14.4. The van der Waals surface area contributed by atoms with E-state index in [1.807, 2.05) is 13.8 Å². The van der Waals surface area contributed by atoms with Crippen LogP contribution in [0, 0.1) is 5.92 Å². The van der Waals surface area contributed by atoms with E-state index in [1.54, 1.807) is 0 Å². The standard InChI is InChI=1S/C10H19BrF3NO2S/c1-8(2)6-9(11)7-15-18(16,17)5-3-4-10(12,13)14/h8-9,15H,3-7H2,1-2H3. The Hall–Kier alpha value is 0.180. The van der Waals surface area contributed by atoms with Gasteiger partial charge in [0.2, 0.25) is 10.0 Å². The monoisotopic (exact) mass is 353 g/mol. The molecule has 0 aromatic rings. The maximum atomic E-state index is 11.9. The van der Waals surface area contributed by atoms with E-state index >= 15 is 0 Å². The van der Waals surface area contributed by atoms with E-state index in [0.29, 0.717) is 5.92 Å². The van der Waals surface area contributed by atoms with E-state index in [-0.39, 0.29) is 11.4 Å². The first-order valence-corrected chi connectivity index (χ1v) is 8.27. The fourth-order valence-corrected chi connectivity index (χ4v) is 3.59. The molecule has 0 spiro atoms. The number of rotatable bonds is 8. The maximum Gasteiger partial charge on any atom is 0.389 e. The summed E-state index contributed by atoms with van der Waals surface area (Å²) in [5.41, 5.74) is 0. The van der Waals surface area contributed by atoms with Crippen molar-refractivity contribution < 1.29 is 21.6 Å². The molecule has 110 valence electrons.